The summed E-state index contributed by atoms with van der Waals surface area (Å²) in [5, 5.41) is 12.8. The summed E-state index contributed by atoms with van der Waals surface area (Å²) < 4.78 is 0. The minimum absolute atomic E-state index is 1.23. The zero-order chi connectivity index (χ0) is 29.0. The van der Waals surface area contributed by atoms with Gasteiger partial charge in [-0.3, -0.25) is 0 Å². The zero-order valence-electron chi connectivity index (χ0n) is 24.2. The normalized spacial score (nSPS) is 11.6. The van der Waals surface area contributed by atoms with E-state index in [-0.39, 0.29) is 0 Å². The van der Waals surface area contributed by atoms with Gasteiger partial charge in [-0.15, -0.1) is 0 Å². The van der Waals surface area contributed by atoms with Crippen molar-refractivity contribution in [2.24, 2.45) is 0 Å². The molecule has 0 heterocycles. The van der Waals surface area contributed by atoms with Crippen LogP contribution in [0.1, 0.15) is 0 Å². The Hall–Kier alpha value is -5.72. The molecule has 0 saturated carbocycles. The Bertz CT molecular complexity index is 2460. The first-order chi connectivity index (χ1) is 21.8. The van der Waals surface area contributed by atoms with Crippen molar-refractivity contribution in [3.05, 3.63) is 170 Å². The van der Waals surface area contributed by atoms with Crippen molar-refractivity contribution in [1.29, 1.82) is 0 Å². The lowest BCUT2D eigenvalue weighted by Gasteiger charge is -2.18. The van der Waals surface area contributed by atoms with Crippen LogP contribution in [0.5, 0.6) is 0 Å². The van der Waals surface area contributed by atoms with E-state index in [1.807, 2.05) is 0 Å². The van der Waals surface area contributed by atoms with Gasteiger partial charge in [-0.25, -0.2) is 0 Å². The minimum Gasteiger partial charge on any atom is -0.0622 e. The van der Waals surface area contributed by atoms with Crippen LogP contribution in [0.4, 0.5) is 0 Å². The van der Waals surface area contributed by atoms with Crippen molar-refractivity contribution < 1.29 is 0 Å². The lowest BCUT2D eigenvalue weighted by Crippen LogP contribution is -1.91. The molecule has 0 spiro atoms. The Labute approximate surface area is 256 Å². The largest absolute Gasteiger partial charge is 0.0622 e. The molecule has 0 nitrogen and oxygen atoms in total. The molecule has 0 heteroatoms. The molecular weight excluding hydrogens is 528 g/mol. The third-order valence-corrected chi connectivity index (χ3v) is 9.20. The molecule has 0 aliphatic carbocycles. The topological polar surface area (TPSA) is 0 Å². The van der Waals surface area contributed by atoms with Crippen molar-refractivity contribution in [2.75, 3.05) is 0 Å². The molecule has 9 rings (SSSR count). The maximum atomic E-state index is 2.41. The molecule has 44 heavy (non-hydrogen) atoms. The van der Waals surface area contributed by atoms with Gasteiger partial charge in [0.15, 0.2) is 0 Å². The molecule has 9 aromatic rings. The summed E-state index contributed by atoms with van der Waals surface area (Å²) in [5.41, 5.74) is 7.53. The first kappa shape index (κ1) is 24.8. The molecule has 204 valence electrons. The first-order valence-corrected chi connectivity index (χ1v) is 15.3. The Kier molecular flexibility index (Phi) is 5.61. The van der Waals surface area contributed by atoms with Gasteiger partial charge in [-0.1, -0.05) is 152 Å². The second-order valence-corrected chi connectivity index (χ2v) is 11.7. The highest BCUT2D eigenvalue weighted by Gasteiger charge is 2.17. The summed E-state index contributed by atoms with van der Waals surface area (Å²) in [6.45, 7) is 0. The molecule has 9 aromatic carbocycles. The highest BCUT2D eigenvalue weighted by Crippen LogP contribution is 2.44. The third kappa shape index (κ3) is 3.92. The predicted molar refractivity (Wildman–Crippen MR) is 190 cm³/mol. The van der Waals surface area contributed by atoms with Crippen LogP contribution in [0.3, 0.4) is 0 Å². The van der Waals surface area contributed by atoms with Gasteiger partial charge in [-0.05, 0) is 105 Å². The van der Waals surface area contributed by atoms with E-state index in [0.717, 1.165) is 0 Å². The lowest BCUT2D eigenvalue weighted by atomic mass is 9.85. The number of hydrogen-bond donors (Lipinski definition) is 0. The average Bonchev–Trinajstić information content (AvgIpc) is 3.10. The van der Waals surface area contributed by atoms with E-state index >= 15 is 0 Å². The van der Waals surface area contributed by atoms with Gasteiger partial charge in [0.2, 0.25) is 0 Å². The standard InChI is InChI=1S/C44H28/c1-2-10-29(11-3-1)30-18-22-32(23-19-30)43-37-14-6-8-16-39(37)44(40-17-9-7-15-38(40)43)36-25-21-31-20-24-35-26-33-12-4-5-13-34(33)27-42(35)41(31)28-36/h1-28H. The molecule has 0 atom stereocenters. The van der Waals surface area contributed by atoms with Crippen LogP contribution in [0.2, 0.25) is 0 Å². The summed E-state index contributed by atoms with van der Waals surface area (Å²) in [6.07, 6.45) is 0. The van der Waals surface area contributed by atoms with Crippen molar-refractivity contribution in [1.82, 2.24) is 0 Å². The molecule has 0 amide bonds. The van der Waals surface area contributed by atoms with Gasteiger partial charge in [0.05, 0.1) is 0 Å². The number of rotatable bonds is 3. The number of hydrogen-bond acceptors (Lipinski definition) is 0. The second kappa shape index (κ2) is 9.93. The van der Waals surface area contributed by atoms with E-state index in [0.29, 0.717) is 0 Å². The molecular formula is C44H28. The van der Waals surface area contributed by atoms with Gasteiger partial charge < -0.3 is 0 Å². The van der Waals surface area contributed by atoms with Gasteiger partial charge in [-0.2, -0.15) is 0 Å². The monoisotopic (exact) mass is 556 g/mol. The summed E-state index contributed by atoms with van der Waals surface area (Å²) >= 11 is 0. The van der Waals surface area contributed by atoms with E-state index in [2.05, 4.69) is 170 Å². The second-order valence-electron chi connectivity index (χ2n) is 11.7. The number of benzene rings is 9. The fourth-order valence-electron chi connectivity index (χ4n) is 7.11. The van der Waals surface area contributed by atoms with Crippen molar-refractivity contribution >= 4 is 53.9 Å². The van der Waals surface area contributed by atoms with Crippen LogP contribution in [0.25, 0.3) is 87.2 Å². The van der Waals surface area contributed by atoms with E-state index < -0.39 is 0 Å². The Morgan fingerprint density at radius 1 is 0.205 bits per heavy atom. The van der Waals surface area contributed by atoms with Crippen LogP contribution < -0.4 is 0 Å². The predicted octanol–water partition coefficient (Wildman–Crippen LogP) is 12.5. The maximum Gasteiger partial charge on any atom is -0.00261 e. The van der Waals surface area contributed by atoms with Crippen molar-refractivity contribution in [3.63, 3.8) is 0 Å². The van der Waals surface area contributed by atoms with Gasteiger partial charge >= 0.3 is 0 Å². The minimum atomic E-state index is 1.23. The molecule has 0 radical (unpaired) electrons. The lowest BCUT2D eigenvalue weighted by molar-refractivity contribution is 1.61. The Balaban J connectivity index is 1.30. The van der Waals surface area contributed by atoms with E-state index in [1.54, 1.807) is 0 Å². The van der Waals surface area contributed by atoms with Crippen LogP contribution in [0, 0.1) is 0 Å². The highest BCUT2D eigenvalue weighted by atomic mass is 14.2. The quantitative estimate of drug-likeness (QED) is 0.150. The molecule has 0 N–H and O–H groups in total. The Morgan fingerprint density at radius 2 is 0.636 bits per heavy atom. The van der Waals surface area contributed by atoms with Crippen molar-refractivity contribution in [3.8, 4) is 33.4 Å². The first-order valence-electron chi connectivity index (χ1n) is 15.3. The number of fused-ring (bicyclic) bond motifs is 6. The van der Waals surface area contributed by atoms with E-state index in [4.69, 9.17) is 0 Å². The fourth-order valence-corrected chi connectivity index (χ4v) is 7.11. The fraction of sp³-hybridized carbons (Fsp3) is 0. The molecule has 0 aliphatic rings. The summed E-state index contributed by atoms with van der Waals surface area (Å²) in [6, 6.07) is 62.3. The highest BCUT2D eigenvalue weighted by molar-refractivity contribution is 6.22. The molecule has 0 unspecified atom stereocenters. The molecule has 0 aromatic heterocycles. The Morgan fingerprint density at radius 3 is 1.30 bits per heavy atom. The SMILES string of the molecule is c1ccc(-c2ccc(-c3c4ccccc4c(-c4ccc5ccc6cc7ccccc7cc6c5c4)c4ccccc34)cc2)cc1. The van der Waals surface area contributed by atoms with Crippen LogP contribution in [-0.2, 0) is 0 Å². The summed E-state index contributed by atoms with van der Waals surface area (Å²) in [4.78, 5) is 0. The van der Waals surface area contributed by atoms with Gasteiger partial charge in [0.1, 0.15) is 0 Å². The van der Waals surface area contributed by atoms with Crippen molar-refractivity contribution in [2.45, 2.75) is 0 Å². The van der Waals surface area contributed by atoms with Gasteiger partial charge in [0.25, 0.3) is 0 Å². The smallest absolute Gasteiger partial charge is 0.00261 e. The summed E-state index contributed by atoms with van der Waals surface area (Å²) in [5.74, 6) is 0. The zero-order valence-corrected chi connectivity index (χ0v) is 24.2. The average molecular weight is 557 g/mol. The summed E-state index contributed by atoms with van der Waals surface area (Å²) in [7, 11) is 0. The molecule has 0 fully saturated rings. The van der Waals surface area contributed by atoms with Crippen LogP contribution >= 0.6 is 0 Å². The molecule has 0 saturated heterocycles. The maximum absolute atomic E-state index is 2.41. The molecule has 0 aliphatic heterocycles. The van der Waals surface area contributed by atoms with Crippen LogP contribution in [-0.4, -0.2) is 0 Å². The van der Waals surface area contributed by atoms with E-state index in [9.17, 15) is 0 Å². The van der Waals surface area contributed by atoms with Gasteiger partial charge in [0, 0.05) is 0 Å². The third-order valence-electron chi connectivity index (χ3n) is 9.20. The molecule has 0 bridgehead atoms. The van der Waals surface area contributed by atoms with E-state index in [1.165, 1.54) is 87.2 Å². The van der Waals surface area contributed by atoms with Crippen LogP contribution in [0.15, 0.2) is 170 Å².